The number of rotatable bonds is 8. The molecule has 0 radical (unpaired) electrons. The van der Waals surface area contributed by atoms with Crippen LogP contribution in [0.15, 0.2) is 47.4 Å². The van der Waals surface area contributed by atoms with Gasteiger partial charge in [0.05, 0.1) is 40.1 Å². The van der Waals surface area contributed by atoms with Gasteiger partial charge in [0.25, 0.3) is 5.91 Å². The van der Waals surface area contributed by atoms with E-state index in [1.165, 1.54) is 23.5 Å². The van der Waals surface area contributed by atoms with Crippen molar-refractivity contribution in [1.82, 2.24) is 4.98 Å². The smallest absolute Gasteiger partial charge is 0.260 e. The van der Waals surface area contributed by atoms with Gasteiger partial charge < -0.3 is 9.47 Å². The second-order valence-electron chi connectivity index (χ2n) is 7.54. The molecule has 1 unspecified atom stereocenters. The Morgan fingerprint density at radius 2 is 2.00 bits per heavy atom. The number of sulfone groups is 1. The second-order valence-corrected chi connectivity index (χ2v) is 10.8. The molecule has 1 aromatic heterocycles. The lowest BCUT2D eigenvalue weighted by Gasteiger charge is -2.23. The number of hydrogen-bond donors (Lipinski definition) is 0. The lowest BCUT2D eigenvalue weighted by molar-refractivity contribution is 0.0917. The highest BCUT2D eigenvalue weighted by Gasteiger charge is 2.27. The monoisotopic (exact) mass is 474 g/mol. The zero-order chi connectivity index (χ0) is 22.7. The first-order valence-electron chi connectivity index (χ1n) is 10.7. The lowest BCUT2D eigenvalue weighted by Crippen LogP contribution is -2.37. The Hall–Kier alpha value is -2.49. The molecule has 0 N–H and O–H groups in total. The van der Waals surface area contributed by atoms with E-state index in [0.29, 0.717) is 30.5 Å². The van der Waals surface area contributed by atoms with Crippen molar-refractivity contribution in [1.29, 1.82) is 0 Å². The molecule has 0 bridgehead atoms. The van der Waals surface area contributed by atoms with Crippen LogP contribution in [-0.2, 0) is 14.6 Å². The van der Waals surface area contributed by atoms with E-state index in [2.05, 4.69) is 4.98 Å². The number of thiazole rings is 1. The number of aromatic nitrogens is 1. The second kappa shape index (κ2) is 9.56. The van der Waals surface area contributed by atoms with Crippen LogP contribution < -0.4 is 9.64 Å². The third kappa shape index (κ3) is 4.79. The van der Waals surface area contributed by atoms with Gasteiger partial charge in [0.2, 0.25) is 0 Å². The molecule has 1 atom stereocenters. The fourth-order valence-corrected chi connectivity index (χ4v) is 5.52. The lowest BCUT2D eigenvalue weighted by atomic mass is 10.2. The van der Waals surface area contributed by atoms with Gasteiger partial charge in [-0.25, -0.2) is 13.4 Å². The Bertz CT molecular complexity index is 1200. The van der Waals surface area contributed by atoms with Crippen LogP contribution in [0.3, 0.4) is 0 Å². The maximum Gasteiger partial charge on any atom is 0.260 e. The van der Waals surface area contributed by atoms with Crippen LogP contribution in [0.5, 0.6) is 5.75 Å². The molecule has 0 saturated carbocycles. The van der Waals surface area contributed by atoms with Crippen molar-refractivity contribution in [2.45, 2.75) is 37.7 Å². The first-order chi connectivity index (χ1) is 15.4. The summed E-state index contributed by atoms with van der Waals surface area (Å²) < 4.78 is 36.5. The van der Waals surface area contributed by atoms with Crippen LogP contribution >= 0.6 is 11.3 Å². The van der Waals surface area contributed by atoms with Gasteiger partial charge in [-0.05, 0) is 62.2 Å². The van der Waals surface area contributed by atoms with E-state index in [1.54, 1.807) is 24.0 Å². The molecule has 32 heavy (non-hydrogen) atoms. The zero-order valence-electron chi connectivity index (χ0n) is 18.1. The minimum Gasteiger partial charge on any atom is -0.494 e. The Balaban J connectivity index is 1.67. The van der Waals surface area contributed by atoms with Crippen LogP contribution in [0, 0.1) is 0 Å². The van der Waals surface area contributed by atoms with Gasteiger partial charge in [0.1, 0.15) is 5.75 Å². The van der Waals surface area contributed by atoms with Crippen molar-refractivity contribution in [2.75, 3.05) is 30.4 Å². The molecule has 3 aromatic rings. The van der Waals surface area contributed by atoms with E-state index in [1.807, 2.05) is 25.1 Å². The number of carbonyl (C=O) groups excluding carboxylic acids is 1. The fourth-order valence-electron chi connectivity index (χ4n) is 3.63. The summed E-state index contributed by atoms with van der Waals surface area (Å²) in [5, 5.41) is 0.583. The fraction of sp³-hybridized carbons (Fsp3) is 0.391. The highest BCUT2D eigenvalue weighted by atomic mass is 32.2. The molecule has 1 fully saturated rings. The van der Waals surface area contributed by atoms with Gasteiger partial charge in [0.15, 0.2) is 15.0 Å². The van der Waals surface area contributed by atoms with Crippen LogP contribution in [0.1, 0.15) is 37.0 Å². The minimum atomic E-state index is -3.32. The van der Waals surface area contributed by atoms with E-state index in [4.69, 9.17) is 9.47 Å². The number of hydrogen-bond acceptors (Lipinski definition) is 7. The molecule has 1 aliphatic rings. The Morgan fingerprint density at radius 3 is 2.66 bits per heavy atom. The van der Waals surface area contributed by atoms with Crippen LogP contribution in [0.4, 0.5) is 5.13 Å². The van der Waals surface area contributed by atoms with Gasteiger partial charge in [-0.1, -0.05) is 18.3 Å². The molecule has 1 saturated heterocycles. The molecule has 1 amide bonds. The summed E-state index contributed by atoms with van der Waals surface area (Å²) in [5.74, 6) is 0.547. The van der Waals surface area contributed by atoms with Gasteiger partial charge in [-0.2, -0.15) is 0 Å². The van der Waals surface area contributed by atoms with E-state index in [0.717, 1.165) is 28.8 Å². The number of anilines is 1. The van der Waals surface area contributed by atoms with Crippen LogP contribution in [-0.4, -0.2) is 50.9 Å². The van der Waals surface area contributed by atoms with Gasteiger partial charge in [0, 0.05) is 12.2 Å². The number of amides is 1. The summed E-state index contributed by atoms with van der Waals surface area (Å²) in [5.41, 5.74) is 1.20. The Labute approximate surface area is 191 Å². The standard InChI is InChI=1S/C23H26N2O5S2/c1-3-29-17-9-12-20-21(14-17)31-23(24-20)25(15-18-6-5-13-30-18)22(26)16-7-10-19(11-8-16)32(27,28)4-2/h7-12,14,18H,3-6,13,15H2,1-2H3. The molecule has 0 spiro atoms. The molecule has 170 valence electrons. The maximum atomic E-state index is 13.5. The molecule has 9 heteroatoms. The molecule has 2 heterocycles. The van der Waals surface area contributed by atoms with Crippen molar-refractivity contribution >= 4 is 42.4 Å². The molecule has 7 nitrogen and oxygen atoms in total. The third-order valence-electron chi connectivity index (χ3n) is 5.39. The van der Waals surface area contributed by atoms with Crippen LogP contribution in [0.25, 0.3) is 10.2 Å². The summed E-state index contributed by atoms with van der Waals surface area (Å²) in [6, 6.07) is 11.8. The van der Waals surface area contributed by atoms with E-state index >= 15 is 0 Å². The highest BCUT2D eigenvalue weighted by Crippen LogP contribution is 2.33. The summed E-state index contributed by atoms with van der Waals surface area (Å²) in [7, 11) is -3.32. The van der Waals surface area contributed by atoms with Crippen molar-refractivity contribution in [3.63, 3.8) is 0 Å². The summed E-state index contributed by atoms with van der Waals surface area (Å²) in [6.07, 6.45) is 1.80. The maximum absolute atomic E-state index is 13.5. The zero-order valence-corrected chi connectivity index (χ0v) is 19.7. The highest BCUT2D eigenvalue weighted by molar-refractivity contribution is 7.91. The number of fused-ring (bicyclic) bond motifs is 1. The minimum absolute atomic E-state index is 0.0148. The number of nitrogens with zero attached hydrogens (tertiary/aromatic N) is 2. The predicted molar refractivity (Wildman–Crippen MR) is 126 cm³/mol. The average molecular weight is 475 g/mol. The first-order valence-corrected chi connectivity index (χ1v) is 13.2. The van der Waals surface area contributed by atoms with Gasteiger partial charge in [-0.15, -0.1) is 0 Å². The van der Waals surface area contributed by atoms with E-state index in [-0.39, 0.29) is 22.7 Å². The Morgan fingerprint density at radius 1 is 1.22 bits per heavy atom. The quantitative estimate of drug-likeness (QED) is 0.483. The Kier molecular flexibility index (Phi) is 6.78. The summed E-state index contributed by atoms with van der Waals surface area (Å²) >= 11 is 1.43. The van der Waals surface area contributed by atoms with Crippen molar-refractivity contribution in [3.8, 4) is 5.75 Å². The molecule has 4 rings (SSSR count). The van der Waals surface area contributed by atoms with Crippen molar-refractivity contribution < 1.29 is 22.7 Å². The number of benzene rings is 2. The van der Waals surface area contributed by atoms with Crippen molar-refractivity contribution in [3.05, 3.63) is 48.0 Å². The first kappa shape index (κ1) is 22.7. The normalized spacial score (nSPS) is 16.4. The van der Waals surface area contributed by atoms with E-state index < -0.39 is 9.84 Å². The largest absolute Gasteiger partial charge is 0.494 e. The predicted octanol–water partition coefficient (Wildman–Crippen LogP) is 4.31. The molecule has 2 aromatic carbocycles. The van der Waals surface area contributed by atoms with E-state index in [9.17, 15) is 13.2 Å². The number of ether oxygens (including phenoxy) is 2. The van der Waals surface area contributed by atoms with Crippen LogP contribution in [0.2, 0.25) is 0 Å². The molecule has 0 aliphatic carbocycles. The molecular formula is C23H26N2O5S2. The average Bonchev–Trinajstić information content (AvgIpc) is 3.46. The topological polar surface area (TPSA) is 85.8 Å². The van der Waals surface area contributed by atoms with Gasteiger partial charge >= 0.3 is 0 Å². The van der Waals surface area contributed by atoms with Gasteiger partial charge in [-0.3, -0.25) is 9.69 Å². The van der Waals surface area contributed by atoms with Crippen molar-refractivity contribution in [2.24, 2.45) is 0 Å². The molecular weight excluding hydrogens is 448 g/mol. The summed E-state index contributed by atoms with van der Waals surface area (Å²) in [4.78, 5) is 20.0. The summed E-state index contributed by atoms with van der Waals surface area (Å²) in [6.45, 7) is 5.19. The number of carbonyl (C=O) groups is 1. The third-order valence-corrected chi connectivity index (χ3v) is 8.18. The molecule has 1 aliphatic heterocycles. The SMILES string of the molecule is CCOc1ccc2nc(N(CC3CCCO3)C(=O)c3ccc(S(=O)(=O)CC)cc3)sc2c1.